The summed E-state index contributed by atoms with van der Waals surface area (Å²) >= 11 is 3.86. The second-order valence-corrected chi connectivity index (χ2v) is 6.32. The van der Waals surface area contributed by atoms with Crippen LogP contribution in [0, 0.1) is 0 Å². The zero-order chi connectivity index (χ0) is 22.0. The molecule has 1 rings (SSSR count). The van der Waals surface area contributed by atoms with E-state index in [1.54, 1.807) is 0 Å². The van der Waals surface area contributed by atoms with Crippen molar-refractivity contribution >= 4 is 36.3 Å². The van der Waals surface area contributed by atoms with Gasteiger partial charge in [-0.3, -0.25) is 14.4 Å². The van der Waals surface area contributed by atoms with Gasteiger partial charge in [0.1, 0.15) is 24.2 Å². The number of hydrogen-bond donors (Lipinski definition) is 9. The van der Waals surface area contributed by atoms with Crippen molar-refractivity contribution < 1.29 is 34.5 Å². The minimum Gasteiger partial charge on any atom is -0.480 e. The molecule has 0 bridgehead atoms. The number of aromatic nitrogens is 2. The van der Waals surface area contributed by atoms with Gasteiger partial charge in [-0.15, -0.1) is 0 Å². The van der Waals surface area contributed by atoms with Crippen molar-refractivity contribution in [2.75, 3.05) is 19.0 Å². The number of nitrogens with zero attached hydrogens (tertiary/aromatic N) is 1. The fourth-order valence-electron chi connectivity index (χ4n) is 2.11. The number of hydrogen-bond acceptors (Lipinski definition) is 9. The number of imidazole rings is 1. The molecular formula is C15H24N6O7S. The Morgan fingerprint density at radius 3 is 2.10 bits per heavy atom. The summed E-state index contributed by atoms with van der Waals surface area (Å²) in [6, 6.07) is -5.28. The van der Waals surface area contributed by atoms with Gasteiger partial charge in [0.05, 0.1) is 19.5 Å². The van der Waals surface area contributed by atoms with Crippen LogP contribution in [0.4, 0.5) is 0 Å². The Kier molecular flexibility index (Phi) is 10.1. The number of thiol groups is 1. The van der Waals surface area contributed by atoms with Crippen molar-refractivity contribution in [2.24, 2.45) is 5.73 Å². The SMILES string of the molecule is NC(CO)C(=O)NC(CO)C(=O)NC(Cc1cnc[nH]1)C(=O)NC(CS)C(=O)O. The number of aromatic amines is 1. The van der Waals surface area contributed by atoms with Gasteiger partial charge in [0.2, 0.25) is 17.7 Å². The number of nitrogens with one attached hydrogen (secondary N) is 4. The molecule has 0 saturated carbocycles. The van der Waals surface area contributed by atoms with Gasteiger partial charge >= 0.3 is 5.97 Å². The molecule has 0 radical (unpaired) electrons. The van der Waals surface area contributed by atoms with Gasteiger partial charge in [0, 0.05) is 24.1 Å². The van der Waals surface area contributed by atoms with Crippen molar-refractivity contribution in [3.8, 4) is 0 Å². The molecule has 0 aliphatic rings. The van der Waals surface area contributed by atoms with Crippen molar-refractivity contribution in [3.05, 3.63) is 18.2 Å². The van der Waals surface area contributed by atoms with Crippen LogP contribution in [0.15, 0.2) is 12.5 Å². The van der Waals surface area contributed by atoms with E-state index in [1.165, 1.54) is 12.5 Å². The highest BCUT2D eigenvalue weighted by Crippen LogP contribution is 2.02. The topological polar surface area (TPSA) is 220 Å². The predicted molar refractivity (Wildman–Crippen MR) is 102 cm³/mol. The molecule has 4 unspecified atom stereocenters. The number of carbonyl (C=O) groups excluding carboxylic acids is 3. The first kappa shape index (κ1) is 24.4. The molecule has 9 N–H and O–H groups in total. The van der Waals surface area contributed by atoms with E-state index in [0.717, 1.165) is 0 Å². The third kappa shape index (κ3) is 7.69. The summed E-state index contributed by atoms with van der Waals surface area (Å²) in [5.74, 6) is -4.09. The second-order valence-electron chi connectivity index (χ2n) is 5.96. The quantitative estimate of drug-likeness (QED) is 0.146. The molecule has 1 aromatic heterocycles. The van der Waals surface area contributed by atoms with Crippen molar-refractivity contribution in [1.29, 1.82) is 0 Å². The van der Waals surface area contributed by atoms with E-state index in [9.17, 15) is 24.3 Å². The molecule has 0 fully saturated rings. The molecule has 0 spiro atoms. The highest BCUT2D eigenvalue weighted by molar-refractivity contribution is 7.80. The summed E-state index contributed by atoms with van der Waals surface area (Å²) in [5.41, 5.74) is 5.81. The zero-order valence-corrected chi connectivity index (χ0v) is 16.1. The van der Waals surface area contributed by atoms with E-state index in [4.69, 9.17) is 15.9 Å². The van der Waals surface area contributed by atoms with Crippen LogP contribution in [0.5, 0.6) is 0 Å². The maximum atomic E-state index is 12.5. The van der Waals surface area contributed by atoms with Crippen LogP contribution in [-0.4, -0.2) is 92.1 Å². The third-order valence-electron chi connectivity index (χ3n) is 3.76. The molecule has 3 amide bonds. The number of aliphatic hydroxyl groups excluding tert-OH is 2. The average molecular weight is 432 g/mol. The molecular weight excluding hydrogens is 408 g/mol. The minimum absolute atomic E-state index is 0.0707. The predicted octanol–water partition coefficient (Wildman–Crippen LogP) is -4.27. The van der Waals surface area contributed by atoms with E-state index in [2.05, 4.69) is 38.5 Å². The van der Waals surface area contributed by atoms with E-state index >= 15 is 0 Å². The Labute approximate surface area is 170 Å². The Hall–Kier alpha value is -2.68. The Morgan fingerprint density at radius 1 is 1.03 bits per heavy atom. The summed E-state index contributed by atoms with van der Waals surface area (Å²) in [6.45, 7) is -1.47. The number of H-pyrrole nitrogens is 1. The molecule has 1 aromatic rings. The molecule has 4 atom stereocenters. The lowest BCUT2D eigenvalue weighted by molar-refractivity contribution is -0.141. The van der Waals surface area contributed by atoms with Gasteiger partial charge in [0.25, 0.3) is 0 Å². The molecule has 0 saturated heterocycles. The van der Waals surface area contributed by atoms with Crippen LogP contribution in [0.25, 0.3) is 0 Å². The number of carboxylic acid groups (broad SMARTS) is 1. The Bertz CT molecular complexity index is 701. The van der Waals surface area contributed by atoms with Crippen molar-refractivity contribution in [3.63, 3.8) is 0 Å². The van der Waals surface area contributed by atoms with Crippen molar-refractivity contribution in [1.82, 2.24) is 25.9 Å². The van der Waals surface area contributed by atoms with Gasteiger partial charge in [-0.2, -0.15) is 12.6 Å². The first-order valence-corrected chi connectivity index (χ1v) is 9.06. The summed E-state index contributed by atoms with van der Waals surface area (Å²) in [4.78, 5) is 54.3. The van der Waals surface area contributed by atoms with E-state index < -0.39 is 61.1 Å². The minimum atomic E-state index is -1.45. The smallest absolute Gasteiger partial charge is 0.327 e. The molecule has 13 nitrogen and oxygen atoms in total. The third-order valence-corrected chi connectivity index (χ3v) is 4.12. The number of aliphatic hydroxyl groups is 2. The van der Waals surface area contributed by atoms with Crippen LogP contribution >= 0.6 is 12.6 Å². The highest BCUT2D eigenvalue weighted by atomic mass is 32.1. The first-order valence-electron chi connectivity index (χ1n) is 8.42. The fraction of sp³-hybridized carbons (Fsp3) is 0.533. The number of carboxylic acids is 1. The normalized spacial score (nSPS) is 14.9. The number of aliphatic carboxylic acids is 1. The monoisotopic (exact) mass is 432 g/mol. The lowest BCUT2D eigenvalue weighted by Crippen LogP contribution is -2.59. The van der Waals surface area contributed by atoms with Gasteiger partial charge in [0.15, 0.2) is 0 Å². The number of nitrogens with two attached hydrogens (primary N) is 1. The average Bonchev–Trinajstić information content (AvgIpc) is 3.21. The van der Waals surface area contributed by atoms with Crippen LogP contribution < -0.4 is 21.7 Å². The van der Waals surface area contributed by atoms with E-state index in [0.29, 0.717) is 5.69 Å². The summed E-state index contributed by atoms with van der Waals surface area (Å²) in [7, 11) is 0. The fourth-order valence-corrected chi connectivity index (χ4v) is 2.36. The van der Waals surface area contributed by atoms with E-state index in [1.807, 2.05) is 0 Å². The van der Waals surface area contributed by atoms with E-state index in [-0.39, 0.29) is 12.2 Å². The molecule has 0 aliphatic heterocycles. The van der Waals surface area contributed by atoms with Gasteiger partial charge in [-0.1, -0.05) is 0 Å². The lowest BCUT2D eigenvalue weighted by Gasteiger charge is -2.23. The van der Waals surface area contributed by atoms with Gasteiger partial charge in [-0.25, -0.2) is 9.78 Å². The maximum Gasteiger partial charge on any atom is 0.327 e. The Balaban J connectivity index is 2.91. The molecule has 162 valence electrons. The highest BCUT2D eigenvalue weighted by Gasteiger charge is 2.30. The van der Waals surface area contributed by atoms with Crippen molar-refractivity contribution in [2.45, 2.75) is 30.6 Å². The number of rotatable bonds is 12. The van der Waals surface area contributed by atoms with Crippen LogP contribution in [0.1, 0.15) is 5.69 Å². The number of amides is 3. The molecule has 14 heteroatoms. The second kappa shape index (κ2) is 12.0. The lowest BCUT2D eigenvalue weighted by atomic mass is 10.1. The summed E-state index contributed by atoms with van der Waals surface area (Å²) < 4.78 is 0. The molecule has 1 heterocycles. The summed E-state index contributed by atoms with van der Waals surface area (Å²) in [5, 5.41) is 34.1. The Morgan fingerprint density at radius 2 is 1.62 bits per heavy atom. The van der Waals surface area contributed by atoms with Crippen LogP contribution in [-0.2, 0) is 25.6 Å². The first-order chi connectivity index (χ1) is 13.7. The molecule has 0 aliphatic carbocycles. The zero-order valence-electron chi connectivity index (χ0n) is 15.2. The maximum absolute atomic E-state index is 12.5. The number of carbonyl (C=O) groups is 4. The summed E-state index contributed by atoms with van der Waals surface area (Å²) in [6.07, 6.45) is 2.69. The molecule has 0 aromatic carbocycles. The van der Waals surface area contributed by atoms with Gasteiger partial charge in [-0.05, 0) is 0 Å². The van der Waals surface area contributed by atoms with Gasteiger partial charge < -0.3 is 42.0 Å². The van der Waals surface area contributed by atoms with Crippen LogP contribution in [0.3, 0.4) is 0 Å². The largest absolute Gasteiger partial charge is 0.480 e. The standard InChI is InChI=1S/C15H24N6O7S/c16-8(3-22)12(24)20-10(4-23)14(26)19-9(1-7-2-17-6-18-7)13(25)21-11(5-29)15(27)28/h2,6,8-11,22-23,29H,1,3-5,16H2,(H,17,18)(H,19,26)(H,20,24)(H,21,25)(H,27,28). The molecule has 29 heavy (non-hydrogen) atoms. The van der Waals surface area contributed by atoms with Crippen LogP contribution in [0.2, 0.25) is 0 Å².